The summed E-state index contributed by atoms with van der Waals surface area (Å²) in [7, 11) is -3.30. The molecule has 6 nitrogen and oxygen atoms in total. The summed E-state index contributed by atoms with van der Waals surface area (Å²) in [5.41, 5.74) is -0.796. The van der Waals surface area contributed by atoms with Crippen molar-refractivity contribution in [3.63, 3.8) is 0 Å². The SMILES string of the molecule is CC(C)(C)OC(=O)C(CCS(C)(=O)=O)C(=O)O. The lowest BCUT2D eigenvalue weighted by molar-refractivity contribution is -0.166. The van der Waals surface area contributed by atoms with Gasteiger partial charge in [0.15, 0.2) is 5.92 Å². The number of ether oxygens (including phenoxy) is 1. The average Bonchev–Trinajstić information content (AvgIpc) is 1.96. The molecule has 100 valence electrons. The Labute approximate surface area is 101 Å². The molecule has 1 N–H and O–H groups in total. The van der Waals surface area contributed by atoms with Crippen LogP contribution in [0.3, 0.4) is 0 Å². The minimum absolute atomic E-state index is 0.275. The number of aliphatic carboxylic acids is 1. The molecule has 0 heterocycles. The van der Waals surface area contributed by atoms with Crippen LogP contribution < -0.4 is 0 Å². The molecule has 7 heteroatoms. The van der Waals surface area contributed by atoms with Gasteiger partial charge in [0.25, 0.3) is 0 Å². The van der Waals surface area contributed by atoms with Crippen molar-refractivity contribution in [2.75, 3.05) is 12.0 Å². The molecule has 0 aliphatic heterocycles. The Morgan fingerprint density at radius 3 is 2.06 bits per heavy atom. The van der Waals surface area contributed by atoms with Crippen molar-refractivity contribution >= 4 is 21.8 Å². The molecule has 1 unspecified atom stereocenters. The average molecular weight is 266 g/mol. The third-order valence-corrected chi connectivity index (χ3v) is 2.74. The van der Waals surface area contributed by atoms with E-state index in [9.17, 15) is 18.0 Å². The number of rotatable bonds is 5. The van der Waals surface area contributed by atoms with Gasteiger partial charge < -0.3 is 9.84 Å². The number of carbonyl (C=O) groups is 2. The molecule has 17 heavy (non-hydrogen) atoms. The van der Waals surface area contributed by atoms with E-state index in [1.165, 1.54) is 0 Å². The summed E-state index contributed by atoms with van der Waals surface area (Å²) in [5.74, 6) is -4.08. The summed E-state index contributed by atoms with van der Waals surface area (Å²) in [6, 6.07) is 0. The topological polar surface area (TPSA) is 97.7 Å². The maximum atomic E-state index is 11.5. The molecule has 0 aromatic carbocycles. The Bertz CT molecular complexity index is 390. The third kappa shape index (κ3) is 7.73. The van der Waals surface area contributed by atoms with Gasteiger partial charge in [0.2, 0.25) is 0 Å². The third-order valence-electron chi connectivity index (χ3n) is 1.77. The van der Waals surface area contributed by atoms with Crippen LogP contribution in [0.15, 0.2) is 0 Å². The Morgan fingerprint density at radius 2 is 1.76 bits per heavy atom. The highest BCUT2D eigenvalue weighted by Gasteiger charge is 2.31. The number of carbonyl (C=O) groups excluding carboxylic acids is 1. The van der Waals surface area contributed by atoms with Crippen molar-refractivity contribution in [3.05, 3.63) is 0 Å². The summed E-state index contributed by atoms with van der Waals surface area (Å²) in [6.07, 6.45) is 0.712. The van der Waals surface area contributed by atoms with Crippen LogP contribution >= 0.6 is 0 Å². The van der Waals surface area contributed by atoms with Gasteiger partial charge in [-0.05, 0) is 27.2 Å². The van der Waals surface area contributed by atoms with E-state index in [1.54, 1.807) is 20.8 Å². The number of hydrogen-bond donors (Lipinski definition) is 1. The fourth-order valence-electron chi connectivity index (χ4n) is 1.05. The number of carboxylic acid groups (broad SMARTS) is 1. The van der Waals surface area contributed by atoms with Gasteiger partial charge in [-0.2, -0.15) is 0 Å². The summed E-state index contributed by atoms with van der Waals surface area (Å²) >= 11 is 0. The predicted molar refractivity (Wildman–Crippen MR) is 61.3 cm³/mol. The van der Waals surface area contributed by atoms with Crippen molar-refractivity contribution in [1.29, 1.82) is 0 Å². The van der Waals surface area contributed by atoms with Crippen LogP contribution in [0.25, 0.3) is 0 Å². The zero-order chi connectivity index (χ0) is 13.9. The molecule has 0 saturated carbocycles. The van der Waals surface area contributed by atoms with E-state index >= 15 is 0 Å². The quantitative estimate of drug-likeness (QED) is 0.573. The number of carboxylic acids is 1. The van der Waals surface area contributed by atoms with Gasteiger partial charge in [0.05, 0.1) is 5.75 Å². The van der Waals surface area contributed by atoms with Crippen molar-refractivity contribution in [1.82, 2.24) is 0 Å². The summed E-state index contributed by atoms with van der Waals surface area (Å²) < 4.78 is 26.8. The van der Waals surface area contributed by atoms with Crippen LogP contribution in [0.4, 0.5) is 0 Å². The first-order valence-electron chi connectivity index (χ1n) is 5.06. The highest BCUT2D eigenvalue weighted by atomic mass is 32.2. The summed E-state index contributed by atoms with van der Waals surface area (Å²) in [4.78, 5) is 22.4. The van der Waals surface area contributed by atoms with Crippen LogP contribution in [-0.2, 0) is 24.2 Å². The van der Waals surface area contributed by atoms with Crippen molar-refractivity contribution in [2.24, 2.45) is 5.92 Å². The van der Waals surface area contributed by atoms with Gasteiger partial charge in [-0.3, -0.25) is 9.59 Å². The van der Waals surface area contributed by atoms with Gasteiger partial charge in [0, 0.05) is 6.26 Å². The lowest BCUT2D eigenvalue weighted by atomic mass is 10.1. The number of sulfone groups is 1. The molecule has 0 bridgehead atoms. The first kappa shape index (κ1) is 15.9. The van der Waals surface area contributed by atoms with Crippen molar-refractivity contribution in [2.45, 2.75) is 32.8 Å². The van der Waals surface area contributed by atoms with Crippen molar-refractivity contribution < 1.29 is 27.9 Å². The van der Waals surface area contributed by atoms with Crippen LogP contribution in [0.5, 0.6) is 0 Å². The van der Waals surface area contributed by atoms with Crippen LogP contribution in [0.1, 0.15) is 27.2 Å². The van der Waals surface area contributed by atoms with E-state index < -0.39 is 33.3 Å². The molecule has 0 rings (SSSR count). The Kier molecular flexibility index (Phi) is 5.12. The fourth-order valence-corrected chi connectivity index (χ4v) is 1.71. The largest absolute Gasteiger partial charge is 0.481 e. The number of hydrogen-bond acceptors (Lipinski definition) is 5. The van der Waals surface area contributed by atoms with Gasteiger partial charge in [0.1, 0.15) is 15.4 Å². The predicted octanol–water partition coefficient (Wildman–Crippen LogP) is 0.464. The highest BCUT2D eigenvalue weighted by Crippen LogP contribution is 2.14. The molecule has 0 aliphatic rings. The minimum Gasteiger partial charge on any atom is -0.481 e. The Morgan fingerprint density at radius 1 is 1.29 bits per heavy atom. The Balaban J connectivity index is 4.65. The van der Waals surface area contributed by atoms with Gasteiger partial charge in [-0.15, -0.1) is 0 Å². The normalized spacial score (nSPS) is 14.1. The molecular formula is C10H18O6S. The minimum atomic E-state index is -3.30. The van der Waals surface area contributed by atoms with Gasteiger partial charge >= 0.3 is 11.9 Å². The molecule has 0 aromatic rings. The molecule has 0 saturated heterocycles. The molecule has 0 spiro atoms. The maximum absolute atomic E-state index is 11.5. The van der Waals surface area contributed by atoms with E-state index in [0.29, 0.717) is 0 Å². The van der Waals surface area contributed by atoms with Crippen LogP contribution in [0, 0.1) is 5.92 Å². The zero-order valence-electron chi connectivity index (χ0n) is 10.4. The van der Waals surface area contributed by atoms with E-state index in [4.69, 9.17) is 9.84 Å². The molecule has 0 amide bonds. The fraction of sp³-hybridized carbons (Fsp3) is 0.800. The van der Waals surface area contributed by atoms with E-state index in [0.717, 1.165) is 6.26 Å². The summed E-state index contributed by atoms with van der Waals surface area (Å²) in [6.45, 7) is 4.83. The molecule has 0 aliphatic carbocycles. The van der Waals surface area contributed by atoms with Crippen LogP contribution in [0.2, 0.25) is 0 Å². The second-order valence-corrected chi connectivity index (χ2v) is 7.10. The molecule has 0 radical (unpaired) electrons. The van der Waals surface area contributed by atoms with Gasteiger partial charge in [-0.25, -0.2) is 8.42 Å². The first-order valence-corrected chi connectivity index (χ1v) is 7.12. The summed E-state index contributed by atoms with van der Waals surface area (Å²) in [5, 5.41) is 8.84. The second kappa shape index (κ2) is 5.48. The molecule has 1 atom stereocenters. The lowest BCUT2D eigenvalue weighted by Gasteiger charge is -2.22. The van der Waals surface area contributed by atoms with E-state index in [2.05, 4.69) is 0 Å². The smallest absolute Gasteiger partial charge is 0.320 e. The molecular weight excluding hydrogens is 248 g/mol. The molecule has 0 fully saturated rings. The lowest BCUT2D eigenvalue weighted by Crippen LogP contribution is -2.33. The monoisotopic (exact) mass is 266 g/mol. The Hall–Kier alpha value is -1.11. The zero-order valence-corrected chi connectivity index (χ0v) is 11.2. The van der Waals surface area contributed by atoms with E-state index in [-0.39, 0.29) is 12.2 Å². The maximum Gasteiger partial charge on any atom is 0.320 e. The molecule has 0 aromatic heterocycles. The van der Waals surface area contributed by atoms with Gasteiger partial charge in [-0.1, -0.05) is 0 Å². The highest BCUT2D eigenvalue weighted by molar-refractivity contribution is 7.90. The van der Waals surface area contributed by atoms with Crippen molar-refractivity contribution in [3.8, 4) is 0 Å². The second-order valence-electron chi connectivity index (χ2n) is 4.84. The van der Waals surface area contributed by atoms with Crippen LogP contribution in [-0.4, -0.2) is 43.1 Å². The standard InChI is InChI=1S/C10H18O6S/c1-10(2,3)16-9(13)7(8(11)12)5-6-17(4,14)15/h7H,5-6H2,1-4H3,(H,11,12). The van der Waals surface area contributed by atoms with E-state index in [1.807, 2.05) is 0 Å². The first-order chi connectivity index (χ1) is 7.42. The number of esters is 1.